The number of amides is 1. The van der Waals surface area contributed by atoms with Gasteiger partial charge in [0.2, 0.25) is 5.91 Å². The average molecular weight is 174 g/mol. The summed E-state index contributed by atoms with van der Waals surface area (Å²) in [7, 11) is 0. The molecule has 0 radical (unpaired) electrons. The lowest BCUT2D eigenvalue weighted by molar-refractivity contribution is -0.137. The first-order chi connectivity index (χ1) is 5.57. The van der Waals surface area contributed by atoms with Crippen LogP contribution in [0.25, 0.3) is 0 Å². The van der Waals surface area contributed by atoms with Gasteiger partial charge in [0, 0.05) is 12.3 Å². The van der Waals surface area contributed by atoms with Gasteiger partial charge in [0.1, 0.15) is 0 Å². The summed E-state index contributed by atoms with van der Waals surface area (Å²) in [5.74, 6) is -1.79. The van der Waals surface area contributed by atoms with Gasteiger partial charge in [0.25, 0.3) is 0 Å². The maximum atomic E-state index is 10.7. The molecular formula is C7H14N2O3. The highest BCUT2D eigenvalue weighted by Gasteiger charge is 2.15. The van der Waals surface area contributed by atoms with Gasteiger partial charge >= 0.3 is 5.97 Å². The number of hydrogen-bond acceptors (Lipinski definition) is 3. The standard InChI is InChI=1S/C7H14N2O3/c8-4-3-5(7(9)12)1-2-6(10)11/h5H,1-4,8H2,(H2,9,12)(H,10,11). The zero-order valence-corrected chi connectivity index (χ0v) is 6.82. The number of carboxylic acid groups (broad SMARTS) is 1. The second-order valence-corrected chi connectivity index (χ2v) is 2.61. The summed E-state index contributed by atoms with van der Waals surface area (Å²) in [6, 6.07) is 0. The van der Waals surface area contributed by atoms with Gasteiger partial charge in [0.05, 0.1) is 0 Å². The van der Waals surface area contributed by atoms with Crippen molar-refractivity contribution >= 4 is 11.9 Å². The van der Waals surface area contributed by atoms with Gasteiger partial charge in [-0.2, -0.15) is 0 Å². The topological polar surface area (TPSA) is 106 Å². The van der Waals surface area contributed by atoms with Crippen LogP contribution >= 0.6 is 0 Å². The molecule has 0 rings (SSSR count). The van der Waals surface area contributed by atoms with Crippen LogP contribution in [0.5, 0.6) is 0 Å². The Kier molecular flexibility index (Phi) is 5.03. The lowest BCUT2D eigenvalue weighted by atomic mass is 9.99. The van der Waals surface area contributed by atoms with Crippen LogP contribution in [0.15, 0.2) is 0 Å². The van der Waals surface area contributed by atoms with Crippen molar-refractivity contribution in [3.05, 3.63) is 0 Å². The molecular weight excluding hydrogens is 160 g/mol. The maximum Gasteiger partial charge on any atom is 0.303 e. The van der Waals surface area contributed by atoms with E-state index in [4.69, 9.17) is 16.6 Å². The zero-order valence-electron chi connectivity index (χ0n) is 6.82. The van der Waals surface area contributed by atoms with E-state index in [0.717, 1.165) is 0 Å². The first kappa shape index (κ1) is 10.9. The first-order valence-electron chi connectivity index (χ1n) is 3.79. The third-order valence-corrected chi connectivity index (χ3v) is 1.62. The SMILES string of the molecule is NCCC(CCC(=O)O)C(N)=O. The molecule has 5 nitrogen and oxygen atoms in total. The minimum absolute atomic E-state index is 0.0341. The normalized spacial score (nSPS) is 12.4. The quantitative estimate of drug-likeness (QED) is 0.495. The van der Waals surface area contributed by atoms with E-state index in [-0.39, 0.29) is 12.8 Å². The largest absolute Gasteiger partial charge is 0.481 e. The summed E-state index contributed by atoms with van der Waals surface area (Å²) < 4.78 is 0. The van der Waals surface area contributed by atoms with Gasteiger partial charge in [-0.1, -0.05) is 0 Å². The van der Waals surface area contributed by atoms with Gasteiger partial charge in [-0.25, -0.2) is 0 Å². The fourth-order valence-corrected chi connectivity index (χ4v) is 0.928. The second-order valence-electron chi connectivity index (χ2n) is 2.61. The van der Waals surface area contributed by atoms with Crippen molar-refractivity contribution < 1.29 is 14.7 Å². The van der Waals surface area contributed by atoms with E-state index in [2.05, 4.69) is 0 Å². The lowest BCUT2D eigenvalue weighted by Gasteiger charge is -2.09. The van der Waals surface area contributed by atoms with Crippen molar-refractivity contribution in [1.29, 1.82) is 0 Å². The van der Waals surface area contributed by atoms with Crippen LogP contribution in [0.3, 0.4) is 0 Å². The average Bonchev–Trinajstić information content (AvgIpc) is 1.96. The molecule has 0 saturated carbocycles. The van der Waals surface area contributed by atoms with Crippen LogP contribution < -0.4 is 11.5 Å². The van der Waals surface area contributed by atoms with Crippen molar-refractivity contribution in [1.82, 2.24) is 0 Å². The van der Waals surface area contributed by atoms with Gasteiger partial charge < -0.3 is 16.6 Å². The summed E-state index contributed by atoms with van der Waals surface area (Å²) in [5.41, 5.74) is 10.2. The summed E-state index contributed by atoms with van der Waals surface area (Å²) in [5, 5.41) is 8.33. The van der Waals surface area contributed by atoms with E-state index in [9.17, 15) is 9.59 Å². The summed E-state index contributed by atoms with van der Waals surface area (Å²) >= 11 is 0. The van der Waals surface area contributed by atoms with Crippen molar-refractivity contribution in [2.24, 2.45) is 17.4 Å². The highest BCUT2D eigenvalue weighted by molar-refractivity contribution is 5.77. The predicted octanol–water partition coefficient (Wildman–Crippen LogP) is -0.698. The molecule has 0 heterocycles. The number of carboxylic acids is 1. The molecule has 1 atom stereocenters. The third kappa shape index (κ3) is 4.68. The van der Waals surface area contributed by atoms with Gasteiger partial charge in [-0.05, 0) is 19.4 Å². The Hall–Kier alpha value is -1.10. The fraction of sp³-hybridized carbons (Fsp3) is 0.714. The van der Waals surface area contributed by atoms with E-state index < -0.39 is 17.8 Å². The molecule has 70 valence electrons. The van der Waals surface area contributed by atoms with Gasteiger partial charge in [-0.15, -0.1) is 0 Å². The van der Waals surface area contributed by atoms with Crippen LogP contribution in [-0.2, 0) is 9.59 Å². The summed E-state index contributed by atoms with van der Waals surface area (Å²) in [6.45, 7) is 0.354. The highest BCUT2D eigenvalue weighted by Crippen LogP contribution is 2.09. The van der Waals surface area contributed by atoms with E-state index in [1.165, 1.54) is 0 Å². The second kappa shape index (κ2) is 5.54. The molecule has 0 spiro atoms. The molecule has 0 aromatic carbocycles. The zero-order chi connectivity index (χ0) is 9.56. The van der Waals surface area contributed by atoms with Gasteiger partial charge in [-0.3, -0.25) is 9.59 Å². The van der Waals surface area contributed by atoms with Crippen molar-refractivity contribution in [3.8, 4) is 0 Å². The smallest absolute Gasteiger partial charge is 0.303 e. The molecule has 5 heteroatoms. The van der Waals surface area contributed by atoms with Crippen molar-refractivity contribution in [3.63, 3.8) is 0 Å². The molecule has 0 aromatic rings. The molecule has 12 heavy (non-hydrogen) atoms. The first-order valence-corrected chi connectivity index (χ1v) is 3.79. The number of rotatable bonds is 6. The molecule has 0 aromatic heterocycles. The summed E-state index contributed by atoms with van der Waals surface area (Å²) in [6.07, 6.45) is 0.706. The molecule has 0 aliphatic rings. The molecule has 5 N–H and O–H groups in total. The van der Waals surface area contributed by atoms with Crippen LogP contribution in [0.4, 0.5) is 0 Å². The number of hydrogen-bond donors (Lipinski definition) is 3. The van der Waals surface area contributed by atoms with Crippen LogP contribution in [0, 0.1) is 5.92 Å². The molecule has 0 fully saturated rings. The van der Waals surface area contributed by atoms with Gasteiger partial charge in [0.15, 0.2) is 0 Å². The number of primary amides is 1. The Balaban J connectivity index is 3.79. The minimum atomic E-state index is -0.918. The number of carbonyl (C=O) groups excluding carboxylic acids is 1. The molecule has 0 aliphatic carbocycles. The fourth-order valence-electron chi connectivity index (χ4n) is 0.928. The van der Waals surface area contributed by atoms with Crippen molar-refractivity contribution in [2.45, 2.75) is 19.3 Å². The molecule has 0 bridgehead atoms. The van der Waals surface area contributed by atoms with Crippen molar-refractivity contribution in [2.75, 3.05) is 6.54 Å². The minimum Gasteiger partial charge on any atom is -0.481 e. The number of nitrogens with two attached hydrogens (primary N) is 2. The molecule has 0 aliphatic heterocycles. The summed E-state index contributed by atoms with van der Waals surface area (Å²) in [4.78, 5) is 20.8. The van der Waals surface area contributed by atoms with E-state index in [0.29, 0.717) is 13.0 Å². The number of aliphatic carboxylic acids is 1. The molecule has 1 unspecified atom stereocenters. The van der Waals surface area contributed by atoms with E-state index >= 15 is 0 Å². The van der Waals surface area contributed by atoms with E-state index in [1.54, 1.807) is 0 Å². The Morgan fingerprint density at radius 3 is 2.25 bits per heavy atom. The van der Waals surface area contributed by atoms with Crippen LogP contribution in [-0.4, -0.2) is 23.5 Å². The Morgan fingerprint density at radius 2 is 1.92 bits per heavy atom. The van der Waals surface area contributed by atoms with Crippen LogP contribution in [0.1, 0.15) is 19.3 Å². The Bertz CT molecular complexity index is 170. The third-order valence-electron chi connectivity index (χ3n) is 1.62. The maximum absolute atomic E-state index is 10.7. The highest BCUT2D eigenvalue weighted by atomic mass is 16.4. The molecule has 1 amide bonds. The van der Waals surface area contributed by atoms with E-state index in [1.807, 2.05) is 0 Å². The monoisotopic (exact) mass is 174 g/mol. The number of carbonyl (C=O) groups is 2. The lowest BCUT2D eigenvalue weighted by Crippen LogP contribution is -2.26. The van der Waals surface area contributed by atoms with Crippen LogP contribution in [0.2, 0.25) is 0 Å². The predicted molar refractivity (Wildman–Crippen MR) is 43.2 cm³/mol. The Morgan fingerprint density at radius 1 is 1.33 bits per heavy atom. The Labute approximate surface area is 70.7 Å². The molecule has 0 saturated heterocycles.